The quantitative estimate of drug-likeness (QED) is 0.385. The van der Waals surface area contributed by atoms with E-state index in [0.29, 0.717) is 22.6 Å². The molecule has 7 nitrogen and oxygen atoms in total. The fourth-order valence-corrected chi connectivity index (χ4v) is 4.08. The van der Waals surface area contributed by atoms with Gasteiger partial charge in [0.15, 0.2) is 11.5 Å². The summed E-state index contributed by atoms with van der Waals surface area (Å²) in [7, 11) is 0. The summed E-state index contributed by atoms with van der Waals surface area (Å²) in [6.07, 6.45) is 0. The molecule has 1 N–H and O–H groups in total. The van der Waals surface area contributed by atoms with Gasteiger partial charge >= 0.3 is 0 Å². The Hall–Kier alpha value is -3.78. The lowest BCUT2D eigenvalue weighted by molar-refractivity contribution is -0.119. The first kappa shape index (κ1) is 21.1. The monoisotopic (exact) mass is 459 g/mol. The Kier molecular flexibility index (Phi) is 5.99. The Bertz CT molecular complexity index is 1260. The molecule has 4 aromatic rings. The van der Waals surface area contributed by atoms with Gasteiger partial charge in [-0.1, -0.05) is 66.4 Å². The van der Waals surface area contributed by atoms with Crippen molar-refractivity contribution in [1.82, 2.24) is 15.5 Å². The third-order valence-electron chi connectivity index (χ3n) is 5.25. The fraction of sp³-hybridized carbons (Fsp3) is 0.160. The van der Waals surface area contributed by atoms with Crippen LogP contribution in [-0.2, 0) is 4.79 Å². The standard InChI is InChI=1S/C25H21N3O4S/c1-16(17-7-9-19(10-8-17)18-5-3-2-4-6-18)26-23(29)14-33-25-28-27-24(32-25)20-11-12-21-22(13-20)31-15-30-21/h2-13,16H,14-15H2,1H3,(H,26,29)/t16-/m1/s1. The van der Waals surface area contributed by atoms with E-state index in [4.69, 9.17) is 13.9 Å². The first-order valence-corrected chi connectivity index (χ1v) is 11.5. The zero-order valence-corrected chi connectivity index (χ0v) is 18.7. The molecular weight excluding hydrogens is 438 g/mol. The van der Waals surface area contributed by atoms with Crippen LogP contribution in [0.15, 0.2) is 82.4 Å². The highest BCUT2D eigenvalue weighted by Crippen LogP contribution is 2.36. The van der Waals surface area contributed by atoms with Crippen LogP contribution >= 0.6 is 11.8 Å². The topological polar surface area (TPSA) is 86.5 Å². The first-order chi connectivity index (χ1) is 16.2. The zero-order valence-electron chi connectivity index (χ0n) is 17.9. The number of hydrogen-bond acceptors (Lipinski definition) is 7. The third-order valence-corrected chi connectivity index (χ3v) is 6.07. The van der Waals surface area contributed by atoms with E-state index in [-0.39, 0.29) is 24.5 Å². The van der Waals surface area contributed by atoms with Crippen molar-refractivity contribution in [3.05, 3.63) is 78.4 Å². The molecule has 166 valence electrons. The lowest BCUT2D eigenvalue weighted by Gasteiger charge is -2.14. The summed E-state index contributed by atoms with van der Waals surface area (Å²) in [5.74, 6) is 1.76. The van der Waals surface area contributed by atoms with Gasteiger partial charge in [-0.2, -0.15) is 0 Å². The van der Waals surface area contributed by atoms with Crippen molar-refractivity contribution in [2.45, 2.75) is 18.2 Å². The second kappa shape index (κ2) is 9.38. The minimum Gasteiger partial charge on any atom is -0.454 e. The van der Waals surface area contributed by atoms with Crippen molar-refractivity contribution in [2.24, 2.45) is 0 Å². The minimum absolute atomic E-state index is 0.109. The molecule has 0 saturated heterocycles. The van der Waals surface area contributed by atoms with Crippen LogP contribution in [0, 0.1) is 0 Å². The molecule has 1 aliphatic heterocycles. The number of nitrogens with one attached hydrogen (secondary N) is 1. The maximum Gasteiger partial charge on any atom is 0.277 e. The summed E-state index contributed by atoms with van der Waals surface area (Å²) in [4.78, 5) is 12.4. The molecule has 1 aromatic heterocycles. The van der Waals surface area contributed by atoms with E-state index >= 15 is 0 Å². The third kappa shape index (κ3) is 4.85. The predicted molar refractivity (Wildman–Crippen MR) is 125 cm³/mol. The van der Waals surface area contributed by atoms with E-state index in [1.54, 1.807) is 12.1 Å². The van der Waals surface area contributed by atoms with Gasteiger partial charge in [-0.3, -0.25) is 4.79 Å². The van der Waals surface area contributed by atoms with Crippen molar-refractivity contribution in [3.63, 3.8) is 0 Å². The van der Waals surface area contributed by atoms with Crippen molar-refractivity contribution in [2.75, 3.05) is 12.5 Å². The lowest BCUT2D eigenvalue weighted by Crippen LogP contribution is -2.28. The fourth-order valence-electron chi connectivity index (χ4n) is 3.50. The summed E-state index contributed by atoms with van der Waals surface area (Å²) in [6, 6.07) is 23.7. The van der Waals surface area contributed by atoms with Gasteiger partial charge in [-0.05, 0) is 41.8 Å². The van der Waals surface area contributed by atoms with E-state index < -0.39 is 0 Å². The number of nitrogens with zero attached hydrogens (tertiary/aromatic N) is 2. The molecule has 0 unspecified atom stereocenters. The molecule has 5 rings (SSSR count). The van der Waals surface area contributed by atoms with E-state index in [1.165, 1.54) is 11.8 Å². The Morgan fingerprint density at radius 1 is 0.939 bits per heavy atom. The number of rotatable bonds is 7. The highest BCUT2D eigenvalue weighted by atomic mass is 32.2. The summed E-state index contributed by atoms with van der Waals surface area (Å²) < 4.78 is 16.4. The van der Waals surface area contributed by atoms with Crippen LogP contribution in [-0.4, -0.2) is 28.7 Å². The van der Waals surface area contributed by atoms with Crippen LogP contribution in [0.3, 0.4) is 0 Å². The molecule has 1 aliphatic rings. The summed E-state index contributed by atoms with van der Waals surface area (Å²) >= 11 is 1.20. The largest absolute Gasteiger partial charge is 0.454 e. The SMILES string of the molecule is C[C@@H](NC(=O)CSc1nnc(-c2ccc3c(c2)OCO3)o1)c1ccc(-c2ccccc2)cc1. The van der Waals surface area contributed by atoms with Crippen LogP contribution in [0.25, 0.3) is 22.6 Å². The molecule has 0 aliphatic carbocycles. The summed E-state index contributed by atoms with van der Waals surface area (Å²) in [6.45, 7) is 2.17. The number of aromatic nitrogens is 2. The van der Waals surface area contributed by atoms with Crippen LogP contribution < -0.4 is 14.8 Å². The number of carbonyl (C=O) groups excluding carboxylic acids is 1. The average molecular weight is 460 g/mol. The second-order valence-corrected chi connectivity index (χ2v) is 8.43. The van der Waals surface area contributed by atoms with Crippen molar-refractivity contribution >= 4 is 17.7 Å². The molecular formula is C25H21N3O4S. The Balaban J connectivity index is 1.15. The van der Waals surface area contributed by atoms with Gasteiger partial charge in [0.05, 0.1) is 11.8 Å². The van der Waals surface area contributed by atoms with Crippen molar-refractivity contribution in [3.8, 4) is 34.1 Å². The molecule has 8 heteroatoms. The smallest absolute Gasteiger partial charge is 0.277 e. The second-order valence-electron chi connectivity index (χ2n) is 7.51. The molecule has 0 radical (unpaired) electrons. The van der Waals surface area contributed by atoms with Crippen LogP contribution in [0.5, 0.6) is 11.5 Å². The molecule has 0 bridgehead atoms. The van der Waals surface area contributed by atoms with Crippen molar-refractivity contribution in [1.29, 1.82) is 0 Å². The normalized spacial score (nSPS) is 13.0. The van der Waals surface area contributed by atoms with Gasteiger partial charge in [-0.15, -0.1) is 10.2 Å². The molecule has 2 heterocycles. The maximum atomic E-state index is 12.4. The molecule has 0 saturated carbocycles. The van der Waals surface area contributed by atoms with E-state index in [2.05, 4.69) is 39.8 Å². The highest BCUT2D eigenvalue weighted by molar-refractivity contribution is 7.99. The summed E-state index contributed by atoms with van der Waals surface area (Å²) in [5, 5.41) is 11.4. The number of carbonyl (C=O) groups is 1. The van der Waals surface area contributed by atoms with Gasteiger partial charge < -0.3 is 19.2 Å². The molecule has 0 spiro atoms. The van der Waals surface area contributed by atoms with E-state index in [0.717, 1.165) is 22.3 Å². The number of benzene rings is 3. The van der Waals surface area contributed by atoms with Gasteiger partial charge in [0.2, 0.25) is 18.6 Å². The summed E-state index contributed by atoms with van der Waals surface area (Å²) in [5.41, 5.74) is 4.08. The maximum absolute atomic E-state index is 12.4. The number of hydrogen-bond donors (Lipinski definition) is 1. The number of fused-ring (bicyclic) bond motifs is 1. The van der Waals surface area contributed by atoms with Crippen LogP contribution in [0.4, 0.5) is 0 Å². The predicted octanol–water partition coefficient (Wildman–Crippen LogP) is 5.10. The molecule has 1 atom stereocenters. The average Bonchev–Trinajstić information content (AvgIpc) is 3.52. The molecule has 33 heavy (non-hydrogen) atoms. The molecule has 1 amide bonds. The zero-order chi connectivity index (χ0) is 22.6. The number of thioether (sulfide) groups is 1. The first-order valence-electron chi connectivity index (χ1n) is 10.5. The Morgan fingerprint density at radius 2 is 1.67 bits per heavy atom. The highest BCUT2D eigenvalue weighted by Gasteiger charge is 2.18. The molecule has 0 fully saturated rings. The van der Waals surface area contributed by atoms with Gasteiger partial charge in [0.25, 0.3) is 5.22 Å². The van der Waals surface area contributed by atoms with Gasteiger partial charge in [-0.25, -0.2) is 0 Å². The van der Waals surface area contributed by atoms with Crippen LogP contribution in [0.2, 0.25) is 0 Å². The number of ether oxygens (including phenoxy) is 2. The molecule has 3 aromatic carbocycles. The van der Waals surface area contributed by atoms with E-state index in [9.17, 15) is 4.79 Å². The lowest BCUT2D eigenvalue weighted by atomic mass is 10.0. The van der Waals surface area contributed by atoms with Crippen molar-refractivity contribution < 1.29 is 18.7 Å². The Labute approximate surface area is 195 Å². The van der Waals surface area contributed by atoms with Gasteiger partial charge in [0.1, 0.15) is 0 Å². The van der Waals surface area contributed by atoms with Gasteiger partial charge in [0, 0.05) is 5.56 Å². The van der Waals surface area contributed by atoms with E-state index in [1.807, 2.05) is 43.3 Å². The minimum atomic E-state index is -0.116. The number of amides is 1. The van der Waals surface area contributed by atoms with Crippen LogP contribution in [0.1, 0.15) is 18.5 Å². The Morgan fingerprint density at radius 3 is 2.48 bits per heavy atom.